The number of fused-ring (bicyclic) bond motifs is 2. The molecule has 0 radical (unpaired) electrons. The Morgan fingerprint density at radius 1 is 1.11 bits per heavy atom. The standard InChI is InChI=1S/C20H16N6O2/c27-19-14-4-2-1-3-13(14)16(24-25-19)20(28)26-10-7-15-17(23-11-22-15)18(26)12-5-8-21-9-6-12/h1-6,8-9,11,18H,7,10H2,(H,22,23)(H,25,27)/t18-/m0/s1. The molecule has 8 nitrogen and oxygen atoms in total. The number of aromatic nitrogens is 5. The topological polar surface area (TPSA) is 108 Å². The second-order valence-corrected chi connectivity index (χ2v) is 6.64. The third-order valence-electron chi connectivity index (χ3n) is 5.11. The Morgan fingerprint density at radius 3 is 2.71 bits per heavy atom. The van der Waals surface area contributed by atoms with Gasteiger partial charge >= 0.3 is 0 Å². The molecule has 4 heterocycles. The van der Waals surface area contributed by atoms with Crippen molar-refractivity contribution in [3.63, 3.8) is 0 Å². The maximum absolute atomic E-state index is 13.5. The Hall–Kier alpha value is -3.81. The van der Waals surface area contributed by atoms with Crippen LogP contribution >= 0.6 is 0 Å². The molecule has 1 atom stereocenters. The molecule has 4 aromatic rings. The summed E-state index contributed by atoms with van der Waals surface area (Å²) >= 11 is 0. The van der Waals surface area contributed by atoms with E-state index in [1.165, 1.54) is 0 Å². The lowest BCUT2D eigenvalue weighted by molar-refractivity contribution is 0.0685. The highest BCUT2D eigenvalue weighted by molar-refractivity contribution is 6.05. The van der Waals surface area contributed by atoms with Gasteiger partial charge in [0, 0.05) is 36.4 Å². The van der Waals surface area contributed by atoms with Gasteiger partial charge in [0.2, 0.25) is 0 Å². The van der Waals surface area contributed by atoms with E-state index in [9.17, 15) is 9.59 Å². The first kappa shape index (κ1) is 16.4. The van der Waals surface area contributed by atoms with Crippen molar-refractivity contribution in [1.29, 1.82) is 0 Å². The van der Waals surface area contributed by atoms with Gasteiger partial charge in [-0.05, 0) is 23.8 Å². The Bertz CT molecular complexity index is 1230. The fourth-order valence-corrected chi connectivity index (χ4v) is 3.79. The summed E-state index contributed by atoms with van der Waals surface area (Å²) in [5, 5.41) is 7.51. The van der Waals surface area contributed by atoms with Gasteiger partial charge < -0.3 is 9.88 Å². The zero-order chi connectivity index (χ0) is 19.1. The lowest BCUT2D eigenvalue weighted by Crippen LogP contribution is -2.41. The number of carbonyl (C=O) groups is 1. The number of H-pyrrole nitrogens is 2. The van der Waals surface area contributed by atoms with Crippen LogP contribution in [0.2, 0.25) is 0 Å². The molecule has 0 spiro atoms. The number of carbonyl (C=O) groups excluding carboxylic acids is 1. The van der Waals surface area contributed by atoms with Crippen molar-refractivity contribution >= 4 is 16.7 Å². The largest absolute Gasteiger partial charge is 0.348 e. The van der Waals surface area contributed by atoms with E-state index < -0.39 is 0 Å². The van der Waals surface area contributed by atoms with Crippen molar-refractivity contribution in [1.82, 2.24) is 30.0 Å². The molecule has 138 valence electrons. The second kappa shape index (κ2) is 6.41. The van der Waals surface area contributed by atoms with Crippen LogP contribution in [0.3, 0.4) is 0 Å². The average Bonchev–Trinajstić information content (AvgIpc) is 3.22. The van der Waals surface area contributed by atoms with Crippen LogP contribution in [-0.2, 0) is 6.42 Å². The molecule has 1 aliphatic rings. The molecule has 0 aliphatic carbocycles. The molecular weight excluding hydrogens is 356 g/mol. The van der Waals surface area contributed by atoms with E-state index in [-0.39, 0.29) is 23.2 Å². The molecule has 0 bridgehead atoms. The minimum atomic E-state index is -0.349. The first-order valence-electron chi connectivity index (χ1n) is 8.94. The molecule has 0 saturated carbocycles. The molecular formula is C20H16N6O2. The van der Waals surface area contributed by atoms with Gasteiger partial charge in [-0.25, -0.2) is 10.1 Å². The zero-order valence-corrected chi connectivity index (χ0v) is 14.8. The minimum absolute atomic E-state index is 0.230. The highest BCUT2D eigenvalue weighted by Crippen LogP contribution is 2.34. The number of nitrogens with zero attached hydrogens (tertiary/aromatic N) is 4. The quantitative estimate of drug-likeness (QED) is 0.558. The molecule has 1 aromatic carbocycles. The lowest BCUT2D eigenvalue weighted by Gasteiger charge is -2.35. The first-order valence-corrected chi connectivity index (χ1v) is 8.94. The number of aromatic amines is 2. The highest BCUT2D eigenvalue weighted by atomic mass is 16.2. The van der Waals surface area contributed by atoms with Crippen molar-refractivity contribution < 1.29 is 4.79 Å². The fraction of sp³-hybridized carbons (Fsp3) is 0.150. The van der Waals surface area contributed by atoms with Crippen LogP contribution in [0.5, 0.6) is 0 Å². The highest BCUT2D eigenvalue weighted by Gasteiger charge is 2.35. The van der Waals surface area contributed by atoms with Crippen molar-refractivity contribution in [2.24, 2.45) is 0 Å². The van der Waals surface area contributed by atoms with Gasteiger partial charge in [-0.1, -0.05) is 18.2 Å². The van der Waals surface area contributed by atoms with Gasteiger partial charge in [0.15, 0.2) is 5.69 Å². The number of hydrogen-bond acceptors (Lipinski definition) is 5. The van der Waals surface area contributed by atoms with Gasteiger partial charge in [-0.2, -0.15) is 5.10 Å². The molecule has 8 heteroatoms. The summed E-state index contributed by atoms with van der Waals surface area (Å²) in [5.41, 5.74) is 2.68. The lowest BCUT2D eigenvalue weighted by atomic mass is 9.95. The van der Waals surface area contributed by atoms with Crippen molar-refractivity contribution in [2.75, 3.05) is 6.54 Å². The molecule has 0 unspecified atom stereocenters. The van der Waals surface area contributed by atoms with Gasteiger partial charge in [0.1, 0.15) is 6.04 Å². The monoisotopic (exact) mass is 372 g/mol. The average molecular weight is 372 g/mol. The van der Waals surface area contributed by atoms with Gasteiger partial charge in [0.25, 0.3) is 11.5 Å². The van der Waals surface area contributed by atoms with Crippen molar-refractivity contribution in [2.45, 2.75) is 12.5 Å². The third-order valence-corrected chi connectivity index (χ3v) is 5.11. The number of amides is 1. The summed E-state index contributed by atoms with van der Waals surface area (Å²) in [6.45, 7) is 0.510. The maximum atomic E-state index is 13.5. The summed E-state index contributed by atoms with van der Waals surface area (Å²) in [4.78, 5) is 39.1. The summed E-state index contributed by atoms with van der Waals surface area (Å²) < 4.78 is 0. The molecule has 3 aromatic heterocycles. The van der Waals surface area contributed by atoms with E-state index in [1.807, 2.05) is 12.1 Å². The van der Waals surface area contributed by atoms with E-state index >= 15 is 0 Å². The zero-order valence-electron chi connectivity index (χ0n) is 14.8. The fourth-order valence-electron chi connectivity index (χ4n) is 3.79. The Balaban J connectivity index is 1.65. The van der Waals surface area contributed by atoms with Crippen LogP contribution in [0.4, 0.5) is 0 Å². The van der Waals surface area contributed by atoms with Crippen LogP contribution in [0.25, 0.3) is 10.8 Å². The third kappa shape index (κ3) is 2.50. The number of imidazole rings is 1. The number of hydrogen-bond donors (Lipinski definition) is 2. The summed E-state index contributed by atoms with van der Waals surface area (Å²) in [6.07, 6.45) is 5.73. The molecule has 28 heavy (non-hydrogen) atoms. The first-order chi connectivity index (χ1) is 13.7. The van der Waals surface area contributed by atoms with Gasteiger partial charge in [0.05, 0.1) is 17.4 Å². The molecule has 2 N–H and O–H groups in total. The number of rotatable bonds is 2. The number of pyridine rings is 1. The van der Waals surface area contributed by atoms with Gasteiger partial charge in [-0.3, -0.25) is 14.6 Å². The smallest absolute Gasteiger partial charge is 0.275 e. The molecule has 0 saturated heterocycles. The van der Waals surface area contributed by atoms with Crippen LogP contribution in [-0.4, -0.2) is 42.5 Å². The van der Waals surface area contributed by atoms with Crippen molar-refractivity contribution in [3.05, 3.63) is 88.1 Å². The maximum Gasteiger partial charge on any atom is 0.275 e. The second-order valence-electron chi connectivity index (χ2n) is 6.64. The Labute approximate surface area is 159 Å². The summed E-state index contributed by atoms with van der Waals surface area (Å²) in [7, 11) is 0. The molecule has 1 amide bonds. The normalized spacial score (nSPS) is 16.1. The predicted molar refractivity (Wildman–Crippen MR) is 102 cm³/mol. The molecule has 1 aliphatic heterocycles. The number of benzene rings is 1. The van der Waals surface area contributed by atoms with Crippen LogP contribution in [0.15, 0.2) is 59.9 Å². The minimum Gasteiger partial charge on any atom is -0.348 e. The Morgan fingerprint density at radius 2 is 1.89 bits per heavy atom. The van der Waals surface area contributed by atoms with Crippen LogP contribution in [0, 0.1) is 0 Å². The van der Waals surface area contributed by atoms with Gasteiger partial charge in [-0.15, -0.1) is 0 Å². The van der Waals surface area contributed by atoms with Crippen molar-refractivity contribution in [3.8, 4) is 0 Å². The van der Waals surface area contributed by atoms with E-state index in [2.05, 4.69) is 25.1 Å². The van der Waals surface area contributed by atoms with E-state index in [0.717, 1.165) is 17.0 Å². The van der Waals surface area contributed by atoms with E-state index in [0.29, 0.717) is 23.7 Å². The summed E-state index contributed by atoms with van der Waals surface area (Å²) in [5.74, 6) is -0.247. The molecule has 5 rings (SSSR count). The van der Waals surface area contributed by atoms with E-state index in [1.54, 1.807) is 47.9 Å². The van der Waals surface area contributed by atoms with E-state index in [4.69, 9.17) is 0 Å². The number of nitrogens with one attached hydrogen (secondary N) is 2. The van der Waals surface area contributed by atoms with Crippen LogP contribution in [0.1, 0.15) is 33.5 Å². The molecule has 0 fully saturated rings. The van der Waals surface area contributed by atoms with Crippen LogP contribution < -0.4 is 5.56 Å². The SMILES string of the molecule is O=C(c1n[nH]c(=O)c2ccccc12)N1CCc2[nH]cnc2[C@@H]1c1ccncc1. The predicted octanol–water partition coefficient (Wildman–Crippen LogP) is 1.83. The summed E-state index contributed by atoms with van der Waals surface area (Å²) in [6, 6.07) is 10.4. The Kier molecular flexibility index (Phi) is 3.75.